The lowest BCUT2D eigenvalue weighted by Gasteiger charge is -2.22. The molecule has 4 aromatic rings. The molecule has 0 aliphatic rings. The average Bonchev–Trinajstić information content (AvgIpc) is 3.29. The zero-order chi connectivity index (χ0) is 26.7. The first kappa shape index (κ1) is 26.4. The Labute approximate surface area is 216 Å². The van der Waals surface area contributed by atoms with Crippen LogP contribution in [0, 0.1) is 20.8 Å². The highest BCUT2D eigenvalue weighted by Crippen LogP contribution is 2.30. The third-order valence-electron chi connectivity index (χ3n) is 6.34. The van der Waals surface area contributed by atoms with Crippen LogP contribution in [-0.4, -0.2) is 57.6 Å². The molecule has 3 heterocycles. The third-order valence-corrected chi connectivity index (χ3v) is 8.38. The van der Waals surface area contributed by atoms with E-state index >= 15 is 0 Å². The Balaban J connectivity index is 1.80. The molecule has 0 fully saturated rings. The number of hydrogen-bond donors (Lipinski definition) is 0. The Kier molecular flexibility index (Phi) is 7.65. The van der Waals surface area contributed by atoms with Gasteiger partial charge in [0.25, 0.3) is 0 Å². The molecule has 10 nitrogen and oxygen atoms in total. The Morgan fingerprint density at radius 1 is 0.973 bits per heavy atom. The number of ether oxygens (including phenoxy) is 2. The van der Waals surface area contributed by atoms with E-state index in [9.17, 15) is 8.42 Å². The van der Waals surface area contributed by atoms with Gasteiger partial charge in [0.1, 0.15) is 17.6 Å². The molecular formula is C26H30N6O4S. The van der Waals surface area contributed by atoms with Crippen LogP contribution in [0.3, 0.4) is 0 Å². The smallest absolute Gasteiger partial charge is 0.213 e. The van der Waals surface area contributed by atoms with Crippen molar-refractivity contribution in [3.63, 3.8) is 0 Å². The number of aromatic nitrogens is 6. The zero-order valence-electron chi connectivity index (χ0n) is 21.7. The second kappa shape index (κ2) is 10.7. The van der Waals surface area contributed by atoms with Crippen molar-refractivity contribution in [2.75, 3.05) is 14.2 Å². The average molecular weight is 523 g/mol. The molecule has 11 heteroatoms. The molecule has 0 amide bonds. The van der Waals surface area contributed by atoms with Crippen molar-refractivity contribution in [2.24, 2.45) is 0 Å². The summed E-state index contributed by atoms with van der Waals surface area (Å²) >= 11 is 0. The van der Waals surface area contributed by atoms with Gasteiger partial charge in [-0.05, 0) is 56.5 Å². The summed E-state index contributed by atoms with van der Waals surface area (Å²) in [5.74, 6) is 1.03. The molecule has 0 radical (unpaired) electrons. The Bertz CT molecular complexity index is 1500. The first-order valence-electron chi connectivity index (χ1n) is 11.7. The van der Waals surface area contributed by atoms with Crippen molar-refractivity contribution >= 4 is 9.84 Å². The summed E-state index contributed by atoms with van der Waals surface area (Å²) in [6.07, 6.45) is 2.43. The molecular weight excluding hydrogens is 492 g/mol. The van der Waals surface area contributed by atoms with Crippen LogP contribution in [-0.2, 0) is 20.3 Å². The van der Waals surface area contributed by atoms with Crippen LogP contribution in [0.2, 0.25) is 0 Å². The SMILES string of the molecule is COc1cccc(-c2nnc(CS(=O)(=O)[C@@H](C)[C@H](OC)c3ncc(C)cn3)n2-c2cccc(C)c2C)n1. The van der Waals surface area contributed by atoms with E-state index in [1.54, 1.807) is 42.1 Å². The van der Waals surface area contributed by atoms with Crippen LogP contribution in [0.1, 0.15) is 41.4 Å². The molecule has 2 atom stereocenters. The highest BCUT2D eigenvalue weighted by Gasteiger charge is 2.35. The van der Waals surface area contributed by atoms with E-state index in [2.05, 4.69) is 25.1 Å². The van der Waals surface area contributed by atoms with E-state index in [-0.39, 0.29) is 11.6 Å². The molecule has 0 aliphatic heterocycles. The molecule has 0 N–H and O–H groups in total. The van der Waals surface area contributed by atoms with Gasteiger partial charge < -0.3 is 9.47 Å². The lowest BCUT2D eigenvalue weighted by Crippen LogP contribution is -2.30. The first-order chi connectivity index (χ1) is 17.7. The maximum Gasteiger partial charge on any atom is 0.213 e. The quantitative estimate of drug-likeness (QED) is 0.323. The minimum Gasteiger partial charge on any atom is -0.481 e. The van der Waals surface area contributed by atoms with Crippen LogP contribution in [0.5, 0.6) is 5.88 Å². The number of pyridine rings is 1. The van der Waals surface area contributed by atoms with Gasteiger partial charge >= 0.3 is 0 Å². The van der Waals surface area contributed by atoms with Crippen LogP contribution in [0.15, 0.2) is 48.8 Å². The minimum atomic E-state index is -3.79. The van der Waals surface area contributed by atoms with E-state index in [0.29, 0.717) is 23.2 Å². The fourth-order valence-electron chi connectivity index (χ4n) is 4.02. The fourth-order valence-corrected chi connectivity index (χ4v) is 5.44. The fraction of sp³-hybridized carbons (Fsp3) is 0.346. The largest absolute Gasteiger partial charge is 0.481 e. The molecule has 0 spiro atoms. The molecule has 1 aromatic carbocycles. The summed E-state index contributed by atoms with van der Waals surface area (Å²) in [5, 5.41) is 7.73. The van der Waals surface area contributed by atoms with Crippen molar-refractivity contribution in [3.05, 3.63) is 77.1 Å². The number of sulfone groups is 1. The third kappa shape index (κ3) is 5.37. The lowest BCUT2D eigenvalue weighted by molar-refractivity contribution is 0.0947. The predicted molar refractivity (Wildman–Crippen MR) is 139 cm³/mol. The number of nitrogens with zero attached hydrogens (tertiary/aromatic N) is 6. The molecule has 194 valence electrons. The number of rotatable bonds is 9. The molecule has 0 unspecified atom stereocenters. The second-order valence-electron chi connectivity index (χ2n) is 8.85. The van der Waals surface area contributed by atoms with Gasteiger partial charge in [-0.3, -0.25) is 4.57 Å². The Morgan fingerprint density at radius 2 is 1.68 bits per heavy atom. The normalized spacial score (nSPS) is 13.4. The van der Waals surface area contributed by atoms with Crippen molar-refractivity contribution in [2.45, 2.75) is 44.8 Å². The van der Waals surface area contributed by atoms with E-state index in [1.807, 2.05) is 39.0 Å². The molecule has 4 rings (SSSR count). The van der Waals surface area contributed by atoms with E-state index < -0.39 is 21.2 Å². The van der Waals surface area contributed by atoms with Crippen LogP contribution in [0.25, 0.3) is 17.2 Å². The van der Waals surface area contributed by atoms with Gasteiger partial charge in [0.15, 0.2) is 27.3 Å². The van der Waals surface area contributed by atoms with Crippen LogP contribution >= 0.6 is 0 Å². The monoisotopic (exact) mass is 522 g/mol. The number of benzene rings is 1. The molecule has 37 heavy (non-hydrogen) atoms. The van der Waals surface area contributed by atoms with Crippen LogP contribution in [0.4, 0.5) is 0 Å². The van der Waals surface area contributed by atoms with Gasteiger partial charge in [-0.2, -0.15) is 0 Å². The van der Waals surface area contributed by atoms with E-state index in [1.165, 1.54) is 14.2 Å². The summed E-state index contributed by atoms with van der Waals surface area (Å²) in [5.41, 5.74) is 4.17. The number of methoxy groups -OCH3 is 2. The predicted octanol–water partition coefficient (Wildman–Crippen LogP) is 3.74. The lowest BCUT2D eigenvalue weighted by atomic mass is 10.1. The molecule has 3 aromatic heterocycles. The van der Waals surface area contributed by atoms with Crippen molar-refractivity contribution < 1.29 is 17.9 Å². The molecule has 0 aliphatic carbocycles. The van der Waals surface area contributed by atoms with Gasteiger partial charge in [0, 0.05) is 25.6 Å². The first-order valence-corrected chi connectivity index (χ1v) is 13.4. The maximum atomic E-state index is 13.7. The summed E-state index contributed by atoms with van der Waals surface area (Å²) in [7, 11) is -0.809. The van der Waals surface area contributed by atoms with Crippen molar-refractivity contribution in [3.8, 4) is 23.1 Å². The summed E-state index contributed by atoms with van der Waals surface area (Å²) < 4.78 is 39.9. The molecule has 0 saturated heterocycles. The summed E-state index contributed by atoms with van der Waals surface area (Å²) in [6, 6.07) is 11.1. The Hall–Kier alpha value is -3.70. The summed E-state index contributed by atoms with van der Waals surface area (Å²) in [6.45, 7) is 7.43. The standard InChI is InChI=1S/C26H30N6O4S/c1-16-13-27-25(28-14-16)24(36-6)19(4)37(33,34)15-22-30-31-26(20-10-8-12-23(29-20)35-5)32(22)21-11-7-9-17(2)18(21)3/h7-14,19,24H,15H2,1-6H3/t19-,24-/m0/s1. The highest BCUT2D eigenvalue weighted by molar-refractivity contribution is 7.91. The van der Waals surface area contributed by atoms with Gasteiger partial charge in [-0.1, -0.05) is 18.2 Å². The van der Waals surface area contributed by atoms with Crippen LogP contribution < -0.4 is 4.74 Å². The zero-order valence-corrected chi connectivity index (χ0v) is 22.5. The number of hydrogen-bond acceptors (Lipinski definition) is 9. The summed E-state index contributed by atoms with van der Waals surface area (Å²) in [4.78, 5) is 13.1. The van der Waals surface area contributed by atoms with Gasteiger partial charge in [-0.15, -0.1) is 10.2 Å². The molecule has 0 bridgehead atoms. The van der Waals surface area contributed by atoms with E-state index in [0.717, 1.165) is 22.4 Å². The highest BCUT2D eigenvalue weighted by atomic mass is 32.2. The second-order valence-corrected chi connectivity index (χ2v) is 11.2. The topological polar surface area (TPSA) is 122 Å². The van der Waals surface area contributed by atoms with Crippen molar-refractivity contribution in [1.82, 2.24) is 29.7 Å². The van der Waals surface area contributed by atoms with Crippen molar-refractivity contribution in [1.29, 1.82) is 0 Å². The van der Waals surface area contributed by atoms with Gasteiger partial charge in [-0.25, -0.2) is 23.4 Å². The number of aryl methyl sites for hydroxylation is 2. The maximum absolute atomic E-state index is 13.7. The molecule has 0 saturated carbocycles. The Morgan fingerprint density at radius 3 is 2.35 bits per heavy atom. The minimum absolute atomic E-state index is 0.264. The van der Waals surface area contributed by atoms with E-state index in [4.69, 9.17) is 9.47 Å². The van der Waals surface area contributed by atoms with Gasteiger partial charge in [0.05, 0.1) is 18.0 Å². The van der Waals surface area contributed by atoms with Gasteiger partial charge in [0.2, 0.25) is 5.88 Å².